The van der Waals surface area contributed by atoms with Crippen LogP contribution in [0, 0.1) is 0 Å². The average molecular weight is 310 g/mol. The Labute approximate surface area is 133 Å². The van der Waals surface area contributed by atoms with Crippen LogP contribution in [0.25, 0.3) is 5.69 Å². The van der Waals surface area contributed by atoms with Gasteiger partial charge in [0.15, 0.2) is 5.75 Å². The van der Waals surface area contributed by atoms with Crippen LogP contribution in [-0.4, -0.2) is 24.7 Å². The van der Waals surface area contributed by atoms with E-state index in [2.05, 4.69) is 10.3 Å². The zero-order chi connectivity index (χ0) is 16.1. The molecular weight excluding hydrogens is 292 g/mol. The van der Waals surface area contributed by atoms with Crippen molar-refractivity contribution in [2.24, 2.45) is 0 Å². The van der Waals surface area contributed by atoms with E-state index < -0.39 is 0 Å². The second kappa shape index (κ2) is 6.91. The zero-order valence-corrected chi connectivity index (χ0v) is 12.7. The van der Waals surface area contributed by atoms with Crippen LogP contribution in [-0.2, 0) is 13.0 Å². The summed E-state index contributed by atoms with van der Waals surface area (Å²) in [5.41, 5.74) is 1.57. The Balaban J connectivity index is 1.53. The lowest BCUT2D eigenvalue weighted by molar-refractivity contribution is 0.454. The van der Waals surface area contributed by atoms with E-state index in [4.69, 9.17) is 0 Å². The van der Waals surface area contributed by atoms with Gasteiger partial charge in [-0.25, -0.2) is 4.68 Å². The number of nitrogens with zero attached hydrogens (tertiary/aromatic N) is 4. The van der Waals surface area contributed by atoms with Gasteiger partial charge in [0.05, 0.1) is 17.6 Å². The van der Waals surface area contributed by atoms with Crippen molar-refractivity contribution in [2.75, 3.05) is 0 Å². The topological polar surface area (TPSA) is 72.9 Å². The van der Waals surface area contributed by atoms with Gasteiger partial charge in [-0.05, 0) is 43.5 Å². The third-order valence-corrected chi connectivity index (χ3v) is 3.64. The molecule has 0 bridgehead atoms. The van der Waals surface area contributed by atoms with Gasteiger partial charge in [-0.15, -0.1) is 5.10 Å². The van der Waals surface area contributed by atoms with Crippen molar-refractivity contribution in [2.45, 2.75) is 25.8 Å². The predicted molar refractivity (Wildman–Crippen MR) is 86.7 cm³/mol. The molecule has 0 aliphatic rings. The van der Waals surface area contributed by atoms with E-state index in [9.17, 15) is 9.90 Å². The third kappa shape index (κ3) is 3.66. The maximum Gasteiger partial charge on any atom is 0.292 e. The summed E-state index contributed by atoms with van der Waals surface area (Å²) in [7, 11) is 0. The Hall–Kier alpha value is -2.89. The Morgan fingerprint density at radius 1 is 1.04 bits per heavy atom. The number of benzene rings is 1. The highest BCUT2D eigenvalue weighted by molar-refractivity contribution is 5.29. The molecule has 0 fully saturated rings. The molecule has 1 N–H and O–H groups in total. The molecule has 6 nitrogen and oxygen atoms in total. The largest absolute Gasteiger partial charge is 0.503 e. The molecule has 0 saturated carbocycles. The molecule has 118 valence electrons. The standard InChI is InChI=1S/C17H18N4O2/c22-16-10-6-12-20(17(16)23)11-5-4-7-14-13-21(19-18-14)15-8-2-1-3-9-15/h1-3,6,8-10,12-13,22H,4-5,7,11H2. The maximum atomic E-state index is 11.7. The SMILES string of the molecule is O=c1c(O)cccn1CCCCc1cn(-c2ccccc2)nn1. The third-order valence-electron chi connectivity index (χ3n) is 3.64. The molecule has 2 aromatic heterocycles. The molecular formula is C17H18N4O2. The summed E-state index contributed by atoms with van der Waals surface area (Å²) in [6, 6.07) is 12.9. The minimum atomic E-state index is -0.345. The number of para-hydroxylation sites is 1. The average Bonchev–Trinajstić information content (AvgIpc) is 3.05. The van der Waals surface area contributed by atoms with E-state index in [0.29, 0.717) is 6.54 Å². The van der Waals surface area contributed by atoms with Crippen LogP contribution in [0.5, 0.6) is 5.75 Å². The van der Waals surface area contributed by atoms with E-state index in [1.807, 2.05) is 36.5 Å². The van der Waals surface area contributed by atoms with Crippen LogP contribution in [0.4, 0.5) is 0 Å². The van der Waals surface area contributed by atoms with Crippen molar-refractivity contribution in [3.63, 3.8) is 0 Å². The molecule has 23 heavy (non-hydrogen) atoms. The molecule has 0 amide bonds. The van der Waals surface area contributed by atoms with Crippen molar-refractivity contribution in [1.82, 2.24) is 19.6 Å². The molecule has 0 radical (unpaired) electrons. The summed E-state index contributed by atoms with van der Waals surface area (Å²) >= 11 is 0. The lowest BCUT2D eigenvalue weighted by Crippen LogP contribution is -2.18. The van der Waals surface area contributed by atoms with E-state index in [1.54, 1.807) is 16.9 Å². The van der Waals surface area contributed by atoms with Crippen LogP contribution in [0.1, 0.15) is 18.5 Å². The second-order valence-electron chi connectivity index (χ2n) is 5.34. The fourth-order valence-corrected chi connectivity index (χ4v) is 2.41. The lowest BCUT2D eigenvalue weighted by atomic mass is 10.2. The summed E-state index contributed by atoms with van der Waals surface area (Å²) < 4.78 is 3.28. The highest BCUT2D eigenvalue weighted by atomic mass is 16.3. The fraction of sp³-hybridized carbons (Fsp3) is 0.235. The molecule has 1 aromatic carbocycles. The van der Waals surface area contributed by atoms with Gasteiger partial charge in [-0.1, -0.05) is 23.4 Å². The molecule has 3 rings (SSSR count). The first kappa shape index (κ1) is 15.0. The van der Waals surface area contributed by atoms with Gasteiger partial charge in [0.25, 0.3) is 5.56 Å². The molecule has 0 saturated heterocycles. The van der Waals surface area contributed by atoms with Gasteiger partial charge < -0.3 is 9.67 Å². The first-order chi connectivity index (χ1) is 11.2. The molecule has 2 heterocycles. The van der Waals surface area contributed by atoms with E-state index >= 15 is 0 Å². The second-order valence-corrected chi connectivity index (χ2v) is 5.34. The number of unbranched alkanes of at least 4 members (excludes halogenated alkanes) is 1. The summed E-state index contributed by atoms with van der Waals surface area (Å²) in [5.74, 6) is -0.210. The predicted octanol–water partition coefficient (Wildman–Crippen LogP) is 2.16. The van der Waals surface area contributed by atoms with Gasteiger partial charge >= 0.3 is 0 Å². The van der Waals surface area contributed by atoms with Gasteiger partial charge in [0.2, 0.25) is 0 Å². The quantitative estimate of drug-likeness (QED) is 0.708. The number of pyridine rings is 1. The number of hydrogen-bond acceptors (Lipinski definition) is 4. The van der Waals surface area contributed by atoms with Crippen molar-refractivity contribution in [1.29, 1.82) is 0 Å². The number of rotatable bonds is 6. The number of hydrogen-bond donors (Lipinski definition) is 1. The van der Waals surface area contributed by atoms with Gasteiger partial charge in [-0.2, -0.15) is 0 Å². The molecule has 0 aliphatic heterocycles. The summed E-state index contributed by atoms with van der Waals surface area (Å²) in [6.07, 6.45) is 6.15. The Kier molecular flexibility index (Phi) is 4.52. The Morgan fingerprint density at radius 3 is 2.70 bits per heavy atom. The zero-order valence-electron chi connectivity index (χ0n) is 12.7. The van der Waals surface area contributed by atoms with Crippen molar-refractivity contribution < 1.29 is 5.11 Å². The van der Waals surface area contributed by atoms with Crippen LogP contribution in [0.15, 0.2) is 59.7 Å². The number of aromatic hydroxyl groups is 1. The van der Waals surface area contributed by atoms with Crippen LogP contribution in [0.2, 0.25) is 0 Å². The minimum absolute atomic E-state index is 0.210. The highest BCUT2D eigenvalue weighted by Gasteiger charge is 2.04. The number of aromatic nitrogens is 4. The molecule has 0 spiro atoms. The minimum Gasteiger partial charge on any atom is -0.503 e. The van der Waals surface area contributed by atoms with Crippen molar-refractivity contribution in [3.8, 4) is 11.4 Å². The highest BCUT2D eigenvalue weighted by Crippen LogP contribution is 2.08. The number of aryl methyl sites for hydroxylation is 2. The maximum absolute atomic E-state index is 11.7. The monoisotopic (exact) mass is 310 g/mol. The molecule has 3 aromatic rings. The Bertz CT molecular complexity index is 824. The first-order valence-electron chi connectivity index (χ1n) is 7.59. The van der Waals surface area contributed by atoms with Crippen molar-refractivity contribution >= 4 is 0 Å². The van der Waals surface area contributed by atoms with Crippen molar-refractivity contribution in [3.05, 3.63) is 70.9 Å². The first-order valence-corrected chi connectivity index (χ1v) is 7.59. The molecule has 0 atom stereocenters. The Morgan fingerprint density at radius 2 is 1.87 bits per heavy atom. The van der Waals surface area contributed by atoms with Crippen LogP contribution in [0.3, 0.4) is 0 Å². The van der Waals surface area contributed by atoms with Gasteiger partial charge in [-0.3, -0.25) is 4.79 Å². The summed E-state index contributed by atoms with van der Waals surface area (Å²) in [6.45, 7) is 0.583. The normalized spacial score (nSPS) is 10.8. The summed E-state index contributed by atoms with van der Waals surface area (Å²) in [4.78, 5) is 11.7. The van der Waals surface area contributed by atoms with Crippen LogP contribution >= 0.6 is 0 Å². The van der Waals surface area contributed by atoms with E-state index in [-0.39, 0.29) is 11.3 Å². The summed E-state index contributed by atoms with van der Waals surface area (Å²) in [5, 5.41) is 17.7. The fourth-order valence-electron chi connectivity index (χ4n) is 2.41. The van der Waals surface area contributed by atoms with Gasteiger partial charge in [0, 0.05) is 12.7 Å². The van der Waals surface area contributed by atoms with Gasteiger partial charge in [0.1, 0.15) is 0 Å². The molecule has 0 unspecified atom stereocenters. The molecule has 0 aliphatic carbocycles. The smallest absolute Gasteiger partial charge is 0.292 e. The van der Waals surface area contributed by atoms with E-state index in [1.165, 1.54) is 10.6 Å². The van der Waals surface area contributed by atoms with E-state index in [0.717, 1.165) is 30.6 Å². The van der Waals surface area contributed by atoms with Crippen LogP contribution < -0.4 is 5.56 Å². The molecule has 6 heteroatoms. The lowest BCUT2D eigenvalue weighted by Gasteiger charge is -2.04.